The Hall–Kier alpha value is -1.11. The number of hydrogen-bond acceptors (Lipinski definition) is 3. The number of hydrogen-bond donors (Lipinski definition) is 0. The van der Waals surface area contributed by atoms with Crippen molar-refractivity contribution in [3.8, 4) is 0 Å². The zero-order valence-electron chi connectivity index (χ0n) is 13.3. The van der Waals surface area contributed by atoms with Gasteiger partial charge in [-0.05, 0) is 45.4 Å². The molecule has 0 N–H and O–H groups in total. The van der Waals surface area contributed by atoms with E-state index in [1.165, 1.54) is 16.4 Å². The van der Waals surface area contributed by atoms with Gasteiger partial charge in [0.25, 0.3) is 0 Å². The molecule has 1 aliphatic rings. The van der Waals surface area contributed by atoms with E-state index in [9.17, 15) is 13.2 Å². The van der Waals surface area contributed by atoms with Crippen LogP contribution in [0.15, 0.2) is 23.1 Å². The Balaban J connectivity index is 2.25. The van der Waals surface area contributed by atoms with Crippen molar-refractivity contribution in [1.82, 2.24) is 9.21 Å². The number of piperazine rings is 1. The van der Waals surface area contributed by atoms with E-state index in [0.29, 0.717) is 11.6 Å². The number of aryl methyl sites for hydroxylation is 1. The number of amides is 1. The molecule has 0 unspecified atom stereocenters. The zero-order chi connectivity index (χ0) is 16.7. The lowest BCUT2D eigenvalue weighted by atomic mass is 10.1. The first-order valence-electron chi connectivity index (χ1n) is 7.10. The minimum Gasteiger partial charge on any atom is -0.335 e. The Labute approximate surface area is 136 Å². The third kappa shape index (κ3) is 3.29. The molecule has 122 valence electrons. The monoisotopic (exact) mass is 344 g/mol. The van der Waals surface area contributed by atoms with Gasteiger partial charge >= 0.3 is 0 Å². The number of benzene rings is 1. The van der Waals surface area contributed by atoms with Crippen LogP contribution in [0.5, 0.6) is 0 Å². The smallest absolute Gasteiger partial charge is 0.243 e. The molecule has 7 heteroatoms. The second-order valence-corrected chi connectivity index (χ2v) is 8.81. The molecule has 0 bridgehead atoms. The highest BCUT2D eigenvalue weighted by molar-refractivity contribution is 7.89. The third-order valence-electron chi connectivity index (χ3n) is 3.78. The second-order valence-electron chi connectivity index (χ2n) is 6.47. The summed E-state index contributed by atoms with van der Waals surface area (Å²) in [5.74, 6) is -0.180. The molecular formula is C15H21ClN2O3S. The molecule has 1 aliphatic heterocycles. The van der Waals surface area contributed by atoms with Gasteiger partial charge in [0.2, 0.25) is 15.9 Å². The SMILES string of the molecule is Cc1ccc(S(=O)(=O)N2CCN(C(C)(C)C)C(=O)C2)cc1Cl. The molecule has 2 rings (SSSR count). The van der Waals surface area contributed by atoms with Crippen molar-refractivity contribution in [2.75, 3.05) is 19.6 Å². The molecule has 0 radical (unpaired) electrons. The summed E-state index contributed by atoms with van der Waals surface area (Å²) in [4.78, 5) is 14.1. The van der Waals surface area contributed by atoms with E-state index in [4.69, 9.17) is 11.6 Å². The summed E-state index contributed by atoms with van der Waals surface area (Å²) >= 11 is 6.01. The van der Waals surface area contributed by atoms with E-state index < -0.39 is 10.0 Å². The molecule has 1 saturated heterocycles. The van der Waals surface area contributed by atoms with Crippen LogP contribution in [0.3, 0.4) is 0 Å². The Bertz CT molecular complexity index is 695. The molecule has 0 aromatic heterocycles. The normalized spacial score (nSPS) is 17.9. The van der Waals surface area contributed by atoms with Crippen LogP contribution in [0.4, 0.5) is 0 Å². The molecular weight excluding hydrogens is 324 g/mol. The van der Waals surface area contributed by atoms with E-state index >= 15 is 0 Å². The summed E-state index contributed by atoms with van der Waals surface area (Å²) in [6.07, 6.45) is 0. The largest absolute Gasteiger partial charge is 0.335 e. The molecule has 0 atom stereocenters. The van der Waals surface area contributed by atoms with Gasteiger partial charge in [-0.2, -0.15) is 4.31 Å². The summed E-state index contributed by atoms with van der Waals surface area (Å²) in [7, 11) is -3.70. The maximum atomic E-state index is 12.6. The highest BCUT2D eigenvalue weighted by Gasteiger charge is 2.36. The van der Waals surface area contributed by atoms with Crippen LogP contribution in [-0.2, 0) is 14.8 Å². The summed E-state index contributed by atoms with van der Waals surface area (Å²) < 4.78 is 26.5. The van der Waals surface area contributed by atoms with Gasteiger partial charge < -0.3 is 4.90 Å². The number of rotatable bonds is 2. The lowest BCUT2D eigenvalue weighted by Gasteiger charge is -2.41. The van der Waals surface area contributed by atoms with Crippen molar-refractivity contribution >= 4 is 27.5 Å². The molecule has 1 amide bonds. The van der Waals surface area contributed by atoms with E-state index in [1.807, 2.05) is 27.7 Å². The molecule has 1 fully saturated rings. The van der Waals surface area contributed by atoms with Gasteiger partial charge in [-0.15, -0.1) is 0 Å². The number of carbonyl (C=O) groups is 1. The minimum absolute atomic E-state index is 0.125. The van der Waals surface area contributed by atoms with Crippen molar-refractivity contribution in [3.05, 3.63) is 28.8 Å². The standard InChI is InChI=1S/C15H21ClN2O3S/c1-11-5-6-12(9-13(11)16)22(20,21)17-7-8-18(14(19)10-17)15(2,3)4/h5-6,9H,7-8,10H2,1-4H3. The predicted molar refractivity (Wildman–Crippen MR) is 86.4 cm³/mol. The summed E-state index contributed by atoms with van der Waals surface area (Å²) in [6, 6.07) is 4.63. The summed E-state index contributed by atoms with van der Waals surface area (Å²) in [6.45, 7) is 8.17. The highest BCUT2D eigenvalue weighted by atomic mass is 35.5. The molecule has 0 saturated carbocycles. The molecule has 1 aromatic rings. The van der Waals surface area contributed by atoms with Crippen LogP contribution in [0.1, 0.15) is 26.3 Å². The Morgan fingerprint density at radius 3 is 2.32 bits per heavy atom. The number of sulfonamides is 1. The Kier molecular flexibility index (Phi) is 4.57. The van der Waals surface area contributed by atoms with Crippen LogP contribution < -0.4 is 0 Å². The second kappa shape index (κ2) is 5.83. The number of nitrogens with zero attached hydrogens (tertiary/aromatic N) is 2. The van der Waals surface area contributed by atoms with E-state index in [-0.39, 0.29) is 29.4 Å². The molecule has 1 aromatic carbocycles. The quantitative estimate of drug-likeness (QED) is 0.827. The van der Waals surface area contributed by atoms with Crippen molar-refractivity contribution in [3.63, 3.8) is 0 Å². The van der Waals surface area contributed by atoms with Gasteiger partial charge in [-0.25, -0.2) is 8.42 Å². The summed E-state index contributed by atoms with van der Waals surface area (Å²) in [5.41, 5.74) is 0.509. The van der Waals surface area contributed by atoms with Gasteiger partial charge in [-0.3, -0.25) is 4.79 Å². The highest BCUT2D eigenvalue weighted by Crippen LogP contribution is 2.25. The minimum atomic E-state index is -3.70. The molecule has 22 heavy (non-hydrogen) atoms. The van der Waals surface area contributed by atoms with Crippen molar-refractivity contribution in [2.45, 2.75) is 38.1 Å². The van der Waals surface area contributed by atoms with Gasteiger partial charge in [0.15, 0.2) is 0 Å². The van der Waals surface area contributed by atoms with E-state index in [2.05, 4.69) is 0 Å². The van der Waals surface area contributed by atoms with Crippen molar-refractivity contribution in [2.24, 2.45) is 0 Å². The topological polar surface area (TPSA) is 57.7 Å². The Morgan fingerprint density at radius 2 is 1.82 bits per heavy atom. The van der Waals surface area contributed by atoms with Gasteiger partial charge in [0, 0.05) is 23.7 Å². The third-order valence-corrected chi connectivity index (χ3v) is 6.02. The first-order valence-corrected chi connectivity index (χ1v) is 8.92. The first-order chi connectivity index (χ1) is 10.0. The molecule has 5 nitrogen and oxygen atoms in total. The maximum Gasteiger partial charge on any atom is 0.243 e. The lowest BCUT2D eigenvalue weighted by molar-refractivity contribution is -0.139. The van der Waals surface area contributed by atoms with Crippen LogP contribution >= 0.6 is 11.6 Å². The average Bonchev–Trinajstić information content (AvgIpc) is 2.40. The lowest BCUT2D eigenvalue weighted by Crippen LogP contribution is -2.57. The van der Waals surface area contributed by atoms with Crippen LogP contribution in [-0.4, -0.2) is 48.7 Å². The maximum absolute atomic E-state index is 12.6. The number of halogens is 1. The fourth-order valence-corrected chi connectivity index (χ4v) is 4.10. The van der Waals surface area contributed by atoms with Crippen LogP contribution in [0.2, 0.25) is 5.02 Å². The van der Waals surface area contributed by atoms with E-state index in [0.717, 1.165) is 5.56 Å². The Morgan fingerprint density at radius 1 is 1.18 bits per heavy atom. The molecule has 0 spiro atoms. The predicted octanol–water partition coefficient (Wildman–Crippen LogP) is 2.28. The van der Waals surface area contributed by atoms with Gasteiger partial charge in [0.1, 0.15) is 0 Å². The molecule has 0 aliphatic carbocycles. The van der Waals surface area contributed by atoms with E-state index in [1.54, 1.807) is 11.0 Å². The van der Waals surface area contributed by atoms with Crippen molar-refractivity contribution < 1.29 is 13.2 Å². The van der Waals surface area contributed by atoms with Crippen molar-refractivity contribution in [1.29, 1.82) is 0 Å². The van der Waals surface area contributed by atoms with Crippen LogP contribution in [0.25, 0.3) is 0 Å². The zero-order valence-corrected chi connectivity index (χ0v) is 14.8. The van der Waals surface area contributed by atoms with Gasteiger partial charge in [-0.1, -0.05) is 17.7 Å². The van der Waals surface area contributed by atoms with Crippen LogP contribution in [0, 0.1) is 6.92 Å². The first kappa shape index (κ1) is 17.2. The summed E-state index contributed by atoms with van der Waals surface area (Å²) in [5, 5.41) is 0.403. The fraction of sp³-hybridized carbons (Fsp3) is 0.533. The fourth-order valence-electron chi connectivity index (χ4n) is 2.45. The average molecular weight is 345 g/mol. The number of carbonyl (C=O) groups excluding carboxylic acids is 1. The molecule has 1 heterocycles. The van der Waals surface area contributed by atoms with Gasteiger partial charge in [0.05, 0.1) is 11.4 Å².